The van der Waals surface area contributed by atoms with Gasteiger partial charge in [-0.3, -0.25) is 4.79 Å². The van der Waals surface area contributed by atoms with Crippen molar-refractivity contribution in [3.8, 4) is 0 Å². The molecule has 98 valence electrons. The Bertz CT molecular complexity index is 647. The molecule has 0 unspecified atom stereocenters. The molecule has 0 aliphatic carbocycles. The van der Waals surface area contributed by atoms with E-state index in [9.17, 15) is 4.79 Å². The number of pyridine rings is 1. The van der Waals surface area contributed by atoms with Crippen LogP contribution in [0.5, 0.6) is 0 Å². The molecule has 0 fully saturated rings. The van der Waals surface area contributed by atoms with E-state index in [4.69, 9.17) is 11.6 Å². The van der Waals surface area contributed by atoms with Crippen molar-refractivity contribution in [3.05, 3.63) is 55.6 Å². The van der Waals surface area contributed by atoms with Crippen molar-refractivity contribution < 1.29 is 4.79 Å². The molecular formula is C13H9Br2ClN2O. The molecular weight excluding hydrogens is 395 g/mol. The van der Waals surface area contributed by atoms with Crippen molar-refractivity contribution in [2.45, 2.75) is 6.92 Å². The topological polar surface area (TPSA) is 42.0 Å². The van der Waals surface area contributed by atoms with E-state index in [1.807, 2.05) is 13.0 Å². The summed E-state index contributed by atoms with van der Waals surface area (Å²) in [6.07, 6.45) is 1.64. The van der Waals surface area contributed by atoms with Crippen LogP contribution in [0.2, 0.25) is 5.02 Å². The van der Waals surface area contributed by atoms with Gasteiger partial charge in [0.15, 0.2) is 0 Å². The molecule has 0 spiro atoms. The number of benzene rings is 1. The van der Waals surface area contributed by atoms with Crippen LogP contribution in [0, 0.1) is 6.92 Å². The summed E-state index contributed by atoms with van der Waals surface area (Å²) in [6, 6.07) is 6.89. The summed E-state index contributed by atoms with van der Waals surface area (Å²) in [5, 5.41) is 3.33. The molecule has 1 heterocycles. The highest BCUT2D eigenvalue weighted by atomic mass is 79.9. The Kier molecular flexibility index (Phi) is 4.60. The minimum atomic E-state index is -0.227. The van der Waals surface area contributed by atoms with Gasteiger partial charge in [-0.15, -0.1) is 0 Å². The maximum Gasteiger partial charge on any atom is 0.256 e. The number of nitrogens with one attached hydrogen (secondary N) is 1. The SMILES string of the molecule is Cc1cc(Br)cnc1NC(=O)c1ccc(Cl)c(Br)c1. The summed E-state index contributed by atoms with van der Waals surface area (Å²) in [4.78, 5) is 16.3. The standard InChI is InChI=1S/C13H9Br2ClN2O/c1-7-4-9(14)6-17-12(7)18-13(19)8-2-3-11(16)10(15)5-8/h2-6H,1H3,(H,17,18,19). The molecule has 0 radical (unpaired) electrons. The van der Waals surface area contributed by atoms with Gasteiger partial charge in [-0.05, 0) is 68.6 Å². The number of rotatable bonds is 2. The maximum absolute atomic E-state index is 12.1. The van der Waals surface area contributed by atoms with Crippen molar-refractivity contribution in [2.24, 2.45) is 0 Å². The van der Waals surface area contributed by atoms with E-state index in [-0.39, 0.29) is 5.91 Å². The Hall–Kier alpha value is -0.910. The van der Waals surface area contributed by atoms with Crippen LogP contribution in [-0.4, -0.2) is 10.9 Å². The first-order valence-corrected chi connectivity index (χ1v) is 7.32. The monoisotopic (exact) mass is 402 g/mol. The highest BCUT2D eigenvalue weighted by Crippen LogP contribution is 2.24. The molecule has 0 aliphatic rings. The van der Waals surface area contributed by atoms with E-state index in [1.165, 1.54) is 0 Å². The zero-order valence-corrected chi connectivity index (χ0v) is 13.8. The highest BCUT2D eigenvalue weighted by molar-refractivity contribution is 9.10. The van der Waals surface area contributed by atoms with Crippen molar-refractivity contribution in [3.63, 3.8) is 0 Å². The molecule has 3 nitrogen and oxygen atoms in total. The number of hydrogen-bond acceptors (Lipinski definition) is 2. The largest absolute Gasteiger partial charge is 0.306 e. The van der Waals surface area contributed by atoms with Gasteiger partial charge in [0.2, 0.25) is 0 Å². The third-order valence-electron chi connectivity index (χ3n) is 2.46. The zero-order chi connectivity index (χ0) is 14.0. The second-order valence-corrected chi connectivity index (χ2v) is 6.08. The molecule has 19 heavy (non-hydrogen) atoms. The summed E-state index contributed by atoms with van der Waals surface area (Å²) >= 11 is 12.5. The predicted molar refractivity (Wildman–Crippen MR) is 83.8 cm³/mol. The molecule has 1 N–H and O–H groups in total. The lowest BCUT2D eigenvalue weighted by Gasteiger charge is -2.08. The average molecular weight is 404 g/mol. The fourth-order valence-corrected chi connectivity index (χ4v) is 2.43. The quantitative estimate of drug-likeness (QED) is 0.780. The van der Waals surface area contributed by atoms with E-state index < -0.39 is 0 Å². The molecule has 0 saturated heterocycles. The van der Waals surface area contributed by atoms with Crippen LogP contribution < -0.4 is 5.32 Å². The number of amides is 1. The van der Waals surface area contributed by atoms with E-state index in [2.05, 4.69) is 42.2 Å². The van der Waals surface area contributed by atoms with E-state index in [1.54, 1.807) is 24.4 Å². The summed E-state index contributed by atoms with van der Waals surface area (Å²) < 4.78 is 1.56. The molecule has 1 amide bonds. The third-order valence-corrected chi connectivity index (χ3v) is 4.11. The van der Waals surface area contributed by atoms with Crippen LogP contribution in [0.15, 0.2) is 39.4 Å². The predicted octanol–water partition coefficient (Wildman–Crippen LogP) is 4.82. The van der Waals surface area contributed by atoms with Crippen molar-refractivity contribution in [1.82, 2.24) is 4.98 Å². The molecule has 6 heteroatoms. The number of hydrogen-bond donors (Lipinski definition) is 1. The first-order chi connectivity index (χ1) is 8.97. The Morgan fingerprint density at radius 1 is 1.32 bits per heavy atom. The third kappa shape index (κ3) is 3.55. The fourth-order valence-electron chi connectivity index (χ4n) is 1.49. The van der Waals surface area contributed by atoms with Gasteiger partial charge in [-0.25, -0.2) is 4.98 Å². The van der Waals surface area contributed by atoms with E-state index >= 15 is 0 Å². The van der Waals surface area contributed by atoms with Crippen molar-refractivity contribution >= 4 is 55.2 Å². The van der Waals surface area contributed by atoms with E-state index in [0.29, 0.717) is 20.9 Å². The van der Waals surface area contributed by atoms with Gasteiger partial charge >= 0.3 is 0 Å². The molecule has 2 aromatic rings. The minimum Gasteiger partial charge on any atom is -0.306 e. The van der Waals surface area contributed by atoms with Gasteiger partial charge in [0.1, 0.15) is 5.82 Å². The molecule has 0 saturated carbocycles. The molecule has 1 aromatic heterocycles. The van der Waals surface area contributed by atoms with E-state index in [0.717, 1.165) is 10.0 Å². The Labute approximate surface area is 132 Å². The molecule has 0 bridgehead atoms. The number of carbonyl (C=O) groups excluding carboxylic acids is 1. The second-order valence-electron chi connectivity index (χ2n) is 3.90. The lowest BCUT2D eigenvalue weighted by atomic mass is 10.2. The van der Waals surface area contributed by atoms with Gasteiger partial charge in [0, 0.05) is 20.7 Å². The maximum atomic E-state index is 12.1. The lowest BCUT2D eigenvalue weighted by molar-refractivity contribution is 0.102. The van der Waals surface area contributed by atoms with Gasteiger partial charge in [-0.2, -0.15) is 0 Å². The number of carbonyl (C=O) groups is 1. The second kappa shape index (κ2) is 6.03. The number of anilines is 1. The van der Waals surface area contributed by atoms with Crippen molar-refractivity contribution in [1.29, 1.82) is 0 Å². The smallest absolute Gasteiger partial charge is 0.256 e. The first-order valence-electron chi connectivity index (χ1n) is 5.36. The van der Waals surface area contributed by atoms with Crippen LogP contribution in [0.4, 0.5) is 5.82 Å². The average Bonchev–Trinajstić information content (AvgIpc) is 2.36. The van der Waals surface area contributed by atoms with Gasteiger partial charge in [0.25, 0.3) is 5.91 Å². The molecule has 0 aliphatic heterocycles. The number of nitrogens with zero attached hydrogens (tertiary/aromatic N) is 1. The van der Waals surface area contributed by atoms with Crippen LogP contribution in [0.3, 0.4) is 0 Å². The van der Waals surface area contributed by atoms with Crippen molar-refractivity contribution in [2.75, 3.05) is 5.32 Å². The first kappa shape index (κ1) is 14.5. The highest BCUT2D eigenvalue weighted by Gasteiger charge is 2.10. The lowest BCUT2D eigenvalue weighted by Crippen LogP contribution is -2.13. The van der Waals surface area contributed by atoms with Crippen LogP contribution in [0.25, 0.3) is 0 Å². The molecule has 0 atom stereocenters. The van der Waals surface area contributed by atoms with Gasteiger partial charge in [0.05, 0.1) is 5.02 Å². The van der Waals surface area contributed by atoms with Gasteiger partial charge in [-0.1, -0.05) is 11.6 Å². The number of aryl methyl sites for hydroxylation is 1. The Morgan fingerprint density at radius 3 is 2.68 bits per heavy atom. The van der Waals surface area contributed by atoms with Crippen LogP contribution in [0.1, 0.15) is 15.9 Å². The molecule has 1 aromatic carbocycles. The molecule has 2 rings (SSSR count). The minimum absolute atomic E-state index is 0.227. The summed E-state index contributed by atoms with van der Waals surface area (Å²) in [5.41, 5.74) is 1.40. The van der Waals surface area contributed by atoms with Crippen LogP contribution >= 0.6 is 43.5 Å². The van der Waals surface area contributed by atoms with Crippen LogP contribution in [-0.2, 0) is 0 Å². The zero-order valence-electron chi connectivity index (χ0n) is 9.88. The normalized spacial score (nSPS) is 10.3. The summed E-state index contributed by atoms with van der Waals surface area (Å²) in [5.74, 6) is 0.314. The fraction of sp³-hybridized carbons (Fsp3) is 0.0769. The number of aromatic nitrogens is 1. The van der Waals surface area contributed by atoms with Gasteiger partial charge < -0.3 is 5.32 Å². The Balaban J connectivity index is 2.23. The summed E-state index contributed by atoms with van der Waals surface area (Å²) in [6.45, 7) is 1.88. The Morgan fingerprint density at radius 2 is 2.05 bits per heavy atom. The number of halogens is 3. The summed E-state index contributed by atoms with van der Waals surface area (Å²) in [7, 11) is 0.